The topological polar surface area (TPSA) is 38.7 Å². The summed E-state index contributed by atoms with van der Waals surface area (Å²) in [7, 11) is 0. The van der Waals surface area contributed by atoms with E-state index in [9.17, 15) is 9.18 Å². The molecule has 0 amide bonds. The molecule has 0 aliphatic carbocycles. The van der Waals surface area contributed by atoms with Gasteiger partial charge in [0.15, 0.2) is 6.04 Å². The predicted molar refractivity (Wildman–Crippen MR) is 65.8 cm³/mol. The van der Waals surface area contributed by atoms with E-state index in [1.54, 1.807) is 19.1 Å². The van der Waals surface area contributed by atoms with E-state index >= 15 is 0 Å². The van der Waals surface area contributed by atoms with E-state index in [1.165, 1.54) is 23.9 Å². The van der Waals surface area contributed by atoms with Gasteiger partial charge in [0, 0.05) is 11.3 Å². The average Bonchev–Trinajstić information content (AvgIpc) is 2.80. The third-order valence-corrected chi connectivity index (χ3v) is 3.40. The van der Waals surface area contributed by atoms with Crippen molar-refractivity contribution < 1.29 is 13.9 Å². The Bertz CT molecular complexity index is 444. The lowest BCUT2D eigenvalue weighted by atomic mass is 10.2. The molecule has 0 radical (unpaired) electrons. The van der Waals surface area contributed by atoms with E-state index in [4.69, 9.17) is 4.74 Å². The van der Waals surface area contributed by atoms with Gasteiger partial charge in [-0.2, -0.15) is 0 Å². The first kappa shape index (κ1) is 12.1. The van der Waals surface area contributed by atoms with E-state index in [0.717, 1.165) is 10.6 Å². The van der Waals surface area contributed by atoms with E-state index in [0.29, 0.717) is 12.4 Å². The van der Waals surface area contributed by atoms with Gasteiger partial charge in [-0.15, -0.1) is 11.8 Å². The molecule has 1 unspecified atom stereocenters. The Hall–Kier alpha value is -1.36. The van der Waals surface area contributed by atoms with Crippen LogP contribution in [0.3, 0.4) is 0 Å². The molecule has 1 aliphatic rings. The van der Waals surface area contributed by atoms with Crippen molar-refractivity contribution in [2.24, 2.45) is 4.99 Å². The molecule has 1 aromatic rings. The molecule has 0 saturated carbocycles. The van der Waals surface area contributed by atoms with Crippen molar-refractivity contribution in [1.82, 2.24) is 0 Å². The number of carbonyl (C=O) groups excluding carboxylic acids is 1. The number of rotatable bonds is 3. The zero-order chi connectivity index (χ0) is 12.3. The summed E-state index contributed by atoms with van der Waals surface area (Å²) in [5.74, 6) is 0.0161. The Morgan fingerprint density at radius 3 is 2.88 bits per heavy atom. The smallest absolute Gasteiger partial charge is 0.331 e. The fraction of sp³-hybridized carbons (Fsp3) is 0.333. The van der Waals surface area contributed by atoms with Gasteiger partial charge in [-0.05, 0) is 31.2 Å². The molecule has 17 heavy (non-hydrogen) atoms. The molecule has 1 aromatic carbocycles. The molecule has 0 spiro atoms. The molecule has 5 heteroatoms. The number of thioether (sulfide) groups is 1. The number of halogens is 1. The van der Waals surface area contributed by atoms with Gasteiger partial charge < -0.3 is 4.74 Å². The Morgan fingerprint density at radius 1 is 1.53 bits per heavy atom. The number of nitrogens with zero attached hydrogens (tertiary/aromatic N) is 1. The summed E-state index contributed by atoms with van der Waals surface area (Å²) in [6, 6.07) is 5.66. The first-order chi connectivity index (χ1) is 8.20. The second-order valence-corrected chi connectivity index (χ2v) is 4.53. The first-order valence-corrected chi connectivity index (χ1v) is 6.32. The van der Waals surface area contributed by atoms with Crippen LogP contribution in [0.25, 0.3) is 0 Å². The van der Waals surface area contributed by atoms with Crippen LogP contribution in [0.2, 0.25) is 0 Å². The van der Waals surface area contributed by atoms with Crippen molar-refractivity contribution in [3.05, 3.63) is 35.6 Å². The lowest BCUT2D eigenvalue weighted by Gasteiger charge is -2.03. The Labute approximate surface area is 103 Å². The van der Waals surface area contributed by atoms with Crippen LogP contribution >= 0.6 is 11.8 Å². The van der Waals surface area contributed by atoms with Crippen molar-refractivity contribution in [2.45, 2.75) is 13.0 Å². The summed E-state index contributed by atoms with van der Waals surface area (Å²) in [5, 5.41) is 0.767. The highest BCUT2D eigenvalue weighted by Gasteiger charge is 2.26. The Kier molecular flexibility index (Phi) is 3.78. The number of carbonyl (C=O) groups is 1. The van der Waals surface area contributed by atoms with Crippen molar-refractivity contribution in [1.29, 1.82) is 0 Å². The lowest BCUT2D eigenvalue weighted by Crippen LogP contribution is -2.21. The number of esters is 1. The monoisotopic (exact) mass is 253 g/mol. The highest BCUT2D eigenvalue weighted by atomic mass is 32.2. The summed E-state index contributed by atoms with van der Waals surface area (Å²) in [6.45, 7) is 2.13. The van der Waals surface area contributed by atoms with Crippen LogP contribution in [0, 0.1) is 5.82 Å². The summed E-state index contributed by atoms with van der Waals surface area (Å²) >= 11 is 1.49. The van der Waals surface area contributed by atoms with Crippen LogP contribution in [0.15, 0.2) is 29.3 Å². The van der Waals surface area contributed by atoms with Crippen LogP contribution in [-0.2, 0) is 9.53 Å². The molecular formula is C12H12FNO2S. The van der Waals surface area contributed by atoms with Crippen LogP contribution in [0.5, 0.6) is 0 Å². The largest absolute Gasteiger partial charge is 0.464 e. The second kappa shape index (κ2) is 5.31. The maximum absolute atomic E-state index is 12.8. The molecule has 0 N–H and O–H groups in total. The molecule has 2 rings (SSSR count). The van der Waals surface area contributed by atoms with E-state index in [-0.39, 0.29) is 11.8 Å². The molecular weight excluding hydrogens is 241 g/mol. The Morgan fingerprint density at radius 2 is 2.24 bits per heavy atom. The van der Waals surface area contributed by atoms with Crippen molar-refractivity contribution in [3.8, 4) is 0 Å². The molecule has 1 atom stereocenters. The van der Waals surface area contributed by atoms with Gasteiger partial charge in [-0.1, -0.05) is 0 Å². The van der Waals surface area contributed by atoms with Gasteiger partial charge in [0.05, 0.1) is 11.7 Å². The number of benzene rings is 1. The summed E-state index contributed by atoms with van der Waals surface area (Å²) in [6.07, 6.45) is 0. The molecule has 0 aromatic heterocycles. The fourth-order valence-corrected chi connectivity index (χ4v) is 2.51. The standard InChI is InChI=1S/C12H12FNO2S/c1-2-16-12(15)10-7-17-11(14-10)8-3-5-9(13)6-4-8/h3-6,10H,2,7H2,1H3. The van der Waals surface area contributed by atoms with Crippen molar-refractivity contribution >= 4 is 22.8 Å². The lowest BCUT2D eigenvalue weighted by molar-refractivity contribution is -0.143. The molecule has 0 saturated heterocycles. The van der Waals surface area contributed by atoms with Crippen molar-refractivity contribution in [3.63, 3.8) is 0 Å². The molecule has 90 valence electrons. The maximum Gasteiger partial charge on any atom is 0.331 e. The van der Waals surface area contributed by atoms with Crippen LogP contribution in [0.4, 0.5) is 4.39 Å². The average molecular weight is 253 g/mol. The number of hydrogen-bond donors (Lipinski definition) is 0. The number of ether oxygens (including phenoxy) is 1. The molecule has 3 nitrogen and oxygen atoms in total. The third kappa shape index (κ3) is 2.85. The van der Waals surface area contributed by atoms with Gasteiger partial charge >= 0.3 is 5.97 Å². The van der Waals surface area contributed by atoms with Gasteiger partial charge in [-0.25, -0.2) is 9.18 Å². The van der Waals surface area contributed by atoms with Crippen LogP contribution in [0.1, 0.15) is 12.5 Å². The van der Waals surface area contributed by atoms with Crippen LogP contribution < -0.4 is 0 Å². The van der Waals surface area contributed by atoms with E-state index in [2.05, 4.69) is 4.99 Å². The van der Waals surface area contributed by atoms with E-state index in [1.807, 2.05) is 0 Å². The highest BCUT2D eigenvalue weighted by Crippen LogP contribution is 2.24. The van der Waals surface area contributed by atoms with E-state index < -0.39 is 6.04 Å². The van der Waals surface area contributed by atoms with Gasteiger partial charge in [0.2, 0.25) is 0 Å². The second-order valence-electron chi connectivity index (χ2n) is 3.52. The minimum atomic E-state index is -0.431. The van der Waals surface area contributed by atoms with Crippen LogP contribution in [-0.4, -0.2) is 29.4 Å². The fourth-order valence-electron chi connectivity index (χ4n) is 1.48. The third-order valence-electron chi connectivity index (χ3n) is 2.30. The predicted octanol–water partition coefficient (Wildman–Crippen LogP) is 2.25. The number of aliphatic imine (C=N–C) groups is 1. The quantitative estimate of drug-likeness (QED) is 0.775. The summed E-state index contributed by atoms with van der Waals surface area (Å²) in [4.78, 5) is 15.8. The Balaban J connectivity index is 2.11. The zero-order valence-electron chi connectivity index (χ0n) is 9.35. The maximum atomic E-state index is 12.8. The molecule has 0 bridgehead atoms. The normalized spacial score (nSPS) is 18.9. The van der Waals surface area contributed by atoms with Crippen molar-refractivity contribution in [2.75, 3.05) is 12.4 Å². The van der Waals surface area contributed by atoms with Gasteiger partial charge in [0.1, 0.15) is 5.82 Å². The molecule has 1 aliphatic heterocycles. The summed E-state index contributed by atoms with van der Waals surface area (Å²) in [5.41, 5.74) is 0.836. The van der Waals surface area contributed by atoms with Gasteiger partial charge in [-0.3, -0.25) is 4.99 Å². The molecule has 0 fully saturated rings. The minimum absolute atomic E-state index is 0.278. The van der Waals surface area contributed by atoms with Gasteiger partial charge in [0.25, 0.3) is 0 Å². The summed E-state index contributed by atoms with van der Waals surface area (Å²) < 4.78 is 17.7. The SMILES string of the molecule is CCOC(=O)C1CSC(c2ccc(F)cc2)=N1. The molecule has 1 heterocycles. The number of hydrogen-bond acceptors (Lipinski definition) is 4. The zero-order valence-corrected chi connectivity index (χ0v) is 10.2. The highest BCUT2D eigenvalue weighted by molar-refractivity contribution is 8.14. The first-order valence-electron chi connectivity index (χ1n) is 5.34. The minimum Gasteiger partial charge on any atom is -0.464 e.